The fourth-order valence-corrected chi connectivity index (χ4v) is 3.15. The number of nitrogens with one attached hydrogen (secondary N) is 1. The smallest absolute Gasteiger partial charge is 0.229 e. The summed E-state index contributed by atoms with van der Waals surface area (Å²) in [7, 11) is 0. The number of aromatic nitrogens is 3. The average molecular weight is 353 g/mol. The SMILES string of the molecule is Cc1cc(NC(=O)[C@@H]2C[C@@H]2c2ccc(Cl)cc2)n(-c2ccccn2)n1. The number of benzene rings is 1. The molecule has 25 heavy (non-hydrogen) atoms. The first-order valence-corrected chi connectivity index (χ1v) is 8.54. The molecule has 0 unspecified atom stereocenters. The summed E-state index contributed by atoms with van der Waals surface area (Å²) in [4.78, 5) is 16.9. The van der Waals surface area contributed by atoms with Crippen molar-refractivity contribution in [1.82, 2.24) is 14.8 Å². The molecule has 4 rings (SSSR count). The van der Waals surface area contributed by atoms with E-state index < -0.39 is 0 Å². The van der Waals surface area contributed by atoms with Crippen molar-refractivity contribution in [2.24, 2.45) is 5.92 Å². The molecule has 2 heterocycles. The van der Waals surface area contributed by atoms with Crippen molar-refractivity contribution in [2.75, 3.05) is 5.32 Å². The highest BCUT2D eigenvalue weighted by molar-refractivity contribution is 6.30. The molecule has 126 valence electrons. The lowest BCUT2D eigenvalue weighted by Gasteiger charge is -2.08. The van der Waals surface area contributed by atoms with Gasteiger partial charge < -0.3 is 5.32 Å². The Morgan fingerprint density at radius 2 is 2.04 bits per heavy atom. The van der Waals surface area contributed by atoms with Crippen LogP contribution in [0.3, 0.4) is 0 Å². The maximum atomic E-state index is 12.6. The summed E-state index contributed by atoms with van der Waals surface area (Å²) in [6, 6.07) is 15.2. The maximum absolute atomic E-state index is 12.6. The number of nitrogens with zero attached hydrogens (tertiary/aromatic N) is 3. The highest BCUT2D eigenvalue weighted by Crippen LogP contribution is 2.48. The van der Waals surface area contributed by atoms with E-state index in [4.69, 9.17) is 11.6 Å². The van der Waals surface area contributed by atoms with Gasteiger partial charge in [-0.15, -0.1) is 0 Å². The number of pyridine rings is 1. The van der Waals surface area contributed by atoms with Crippen LogP contribution in [0.15, 0.2) is 54.7 Å². The molecule has 1 aromatic carbocycles. The first-order valence-electron chi connectivity index (χ1n) is 8.16. The number of amides is 1. The number of hydrogen-bond acceptors (Lipinski definition) is 3. The van der Waals surface area contributed by atoms with Gasteiger partial charge >= 0.3 is 0 Å². The molecule has 1 fully saturated rings. The molecule has 0 aliphatic heterocycles. The fraction of sp³-hybridized carbons (Fsp3) is 0.211. The van der Waals surface area contributed by atoms with Gasteiger partial charge in [0, 0.05) is 23.2 Å². The quantitative estimate of drug-likeness (QED) is 0.772. The van der Waals surface area contributed by atoms with Crippen LogP contribution in [0.2, 0.25) is 5.02 Å². The summed E-state index contributed by atoms with van der Waals surface area (Å²) in [6.07, 6.45) is 2.56. The second-order valence-electron chi connectivity index (χ2n) is 6.26. The lowest BCUT2D eigenvalue weighted by Crippen LogP contribution is -2.17. The van der Waals surface area contributed by atoms with Gasteiger partial charge in [0.05, 0.1) is 5.69 Å². The van der Waals surface area contributed by atoms with Gasteiger partial charge in [0.15, 0.2) is 5.82 Å². The van der Waals surface area contributed by atoms with E-state index in [2.05, 4.69) is 15.4 Å². The van der Waals surface area contributed by atoms with E-state index in [9.17, 15) is 4.79 Å². The van der Waals surface area contributed by atoms with Gasteiger partial charge in [0.2, 0.25) is 5.91 Å². The van der Waals surface area contributed by atoms with E-state index in [1.807, 2.05) is 55.5 Å². The topological polar surface area (TPSA) is 59.8 Å². The van der Waals surface area contributed by atoms with Crippen LogP contribution < -0.4 is 5.32 Å². The predicted molar refractivity (Wildman–Crippen MR) is 97.0 cm³/mol. The Morgan fingerprint density at radius 3 is 2.76 bits per heavy atom. The number of carbonyl (C=O) groups excluding carboxylic acids is 1. The van der Waals surface area contributed by atoms with Crippen molar-refractivity contribution in [3.63, 3.8) is 0 Å². The Bertz CT molecular complexity index is 905. The predicted octanol–water partition coefficient (Wildman–Crippen LogP) is 3.97. The van der Waals surface area contributed by atoms with Crippen molar-refractivity contribution >= 4 is 23.3 Å². The molecule has 2 atom stereocenters. The third-order valence-electron chi connectivity index (χ3n) is 4.37. The third kappa shape index (κ3) is 3.28. The standard InChI is InChI=1S/C19H17ClN4O/c1-12-10-18(24(23-12)17-4-2-3-9-21-17)22-19(25)16-11-15(16)13-5-7-14(20)8-6-13/h2-10,15-16H,11H2,1H3,(H,22,25)/t15-,16-/m1/s1. The molecule has 0 bridgehead atoms. The van der Waals surface area contributed by atoms with Gasteiger partial charge in [-0.2, -0.15) is 9.78 Å². The van der Waals surface area contributed by atoms with Crippen LogP contribution in [0.5, 0.6) is 0 Å². The second-order valence-corrected chi connectivity index (χ2v) is 6.70. The second kappa shape index (κ2) is 6.33. The van der Waals surface area contributed by atoms with E-state index in [1.165, 1.54) is 0 Å². The zero-order valence-corrected chi connectivity index (χ0v) is 14.4. The van der Waals surface area contributed by atoms with Gasteiger partial charge in [-0.3, -0.25) is 4.79 Å². The van der Waals surface area contributed by atoms with Gasteiger partial charge in [-0.1, -0.05) is 29.8 Å². The summed E-state index contributed by atoms with van der Waals surface area (Å²) >= 11 is 5.93. The Hall–Kier alpha value is -2.66. The number of carbonyl (C=O) groups is 1. The van der Waals surface area contributed by atoms with Gasteiger partial charge in [0.25, 0.3) is 0 Å². The van der Waals surface area contributed by atoms with Crippen molar-refractivity contribution in [1.29, 1.82) is 0 Å². The summed E-state index contributed by atoms with van der Waals surface area (Å²) in [5, 5.41) is 8.13. The van der Waals surface area contributed by atoms with Crippen molar-refractivity contribution < 1.29 is 4.79 Å². The molecule has 1 N–H and O–H groups in total. The maximum Gasteiger partial charge on any atom is 0.229 e. The van der Waals surface area contributed by atoms with Crippen LogP contribution >= 0.6 is 11.6 Å². The zero-order chi connectivity index (χ0) is 17.4. The monoisotopic (exact) mass is 352 g/mol. The summed E-state index contributed by atoms with van der Waals surface area (Å²) in [5.74, 6) is 1.56. The number of hydrogen-bond donors (Lipinski definition) is 1. The first-order chi connectivity index (χ1) is 12.1. The van der Waals surface area contributed by atoms with Crippen LogP contribution in [0, 0.1) is 12.8 Å². The van der Waals surface area contributed by atoms with Crippen molar-refractivity contribution in [2.45, 2.75) is 19.3 Å². The van der Waals surface area contributed by atoms with Crippen LogP contribution in [0.1, 0.15) is 23.6 Å². The molecule has 5 nitrogen and oxygen atoms in total. The third-order valence-corrected chi connectivity index (χ3v) is 4.63. The average Bonchev–Trinajstić information content (AvgIpc) is 3.34. The Balaban J connectivity index is 1.50. The molecule has 0 saturated heterocycles. The van der Waals surface area contributed by atoms with E-state index >= 15 is 0 Å². The first kappa shape index (κ1) is 15.8. The van der Waals surface area contributed by atoms with Crippen LogP contribution in [0.25, 0.3) is 5.82 Å². The van der Waals surface area contributed by atoms with Crippen molar-refractivity contribution in [3.8, 4) is 5.82 Å². The number of rotatable bonds is 4. The number of aryl methyl sites for hydroxylation is 1. The van der Waals surface area contributed by atoms with Gasteiger partial charge in [0.1, 0.15) is 5.82 Å². The molecule has 1 amide bonds. The number of anilines is 1. The molecule has 0 spiro atoms. The van der Waals surface area contributed by atoms with Crippen LogP contribution in [0.4, 0.5) is 5.82 Å². The summed E-state index contributed by atoms with van der Waals surface area (Å²) in [6.45, 7) is 1.89. The molecule has 3 aromatic rings. The van der Waals surface area contributed by atoms with Gasteiger partial charge in [-0.25, -0.2) is 4.98 Å². The molecule has 2 aromatic heterocycles. The molecular formula is C19H17ClN4O. The van der Waals surface area contributed by atoms with E-state index in [-0.39, 0.29) is 17.7 Å². The highest BCUT2D eigenvalue weighted by Gasteiger charge is 2.44. The summed E-state index contributed by atoms with van der Waals surface area (Å²) < 4.78 is 1.66. The Labute approximate surface area is 150 Å². The molecule has 1 saturated carbocycles. The van der Waals surface area contributed by atoms with Crippen LogP contribution in [-0.2, 0) is 4.79 Å². The Morgan fingerprint density at radius 1 is 1.24 bits per heavy atom. The minimum atomic E-state index is -0.0198. The highest BCUT2D eigenvalue weighted by atomic mass is 35.5. The minimum Gasteiger partial charge on any atom is -0.310 e. The van der Waals surface area contributed by atoms with E-state index in [0.29, 0.717) is 16.7 Å². The van der Waals surface area contributed by atoms with Gasteiger partial charge in [-0.05, 0) is 49.1 Å². The summed E-state index contributed by atoms with van der Waals surface area (Å²) in [5.41, 5.74) is 1.98. The lowest BCUT2D eigenvalue weighted by molar-refractivity contribution is -0.117. The number of halogens is 1. The fourth-order valence-electron chi connectivity index (χ4n) is 3.02. The molecule has 1 aliphatic carbocycles. The molecule has 6 heteroatoms. The van der Waals surface area contributed by atoms with Crippen molar-refractivity contribution in [3.05, 3.63) is 71.0 Å². The van der Waals surface area contributed by atoms with Crippen LogP contribution in [-0.4, -0.2) is 20.7 Å². The Kier molecular flexibility index (Phi) is 4.01. The molecular weight excluding hydrogens is 336 g/mol. The normalized spacial score (nSPS) is 18.8. The van der Waals surface area contributed by atoms with E-state index in [0.717, 1.165) is 17.7 Å². The zero-order valence-electron chi connectivity index (χ0n) is 13.7. The molecule has 1 aliphatic rings. The van der Waals surface area contributed by atoms with E-state index in [1.54, 1.807) is 10.9 Å². The minimum absolute atomic E-state index is 0.0111. The molecule has 0 radical (unpaired) electrons. The largest absolute Gasteiger partial charge is 0.310 e. The lowest BCUT2D eigenvalue weighted by atomic mass is 10.1.